The lowest BCUT2D eigenvalue weighted by Crippen LogP contribution is -2.45. The Balaban J connectivity index is 1.47. The average Bonchev–Trinajstić information content (AvgIpc) is 3.22. The van der Waals surface area contributed by atoms with Gasteiger partial charge in [-0.25, -0.2) is 19.3 Å². The van der Waals surface area contributed by atoms with Crippen LogP contribution in [0, 0.1) is 11.3 Å². The van der Waals surface area contributed by atoms with E-state index in [4.69, 9.17) is 4.74 Å². The fraction of sp³-hybridized carbons (Fsp3) is 0.409. The molecule has 9 nitrogen and oxygen atoms in total. The number of unbranched alkanes of at least 4 members (excludes halogenated alkanes) is 1. The van der Waals surface area contributed by atoms with E-state index in [1.54, 1.807) is 40.1 Å². The van der Waals surface area contributed by atoms with E-state index in [0.717, 1.165) is 36.8 Å². The van der Waals surface area contributed by atoms with Gasteiger partial charge < -0.3 is 15.0 Å². The molecule has 0 aliphatic carbocycles. The molecule has 160 valence electrons. The van der Waals surface area contributed by atoms with E-state index in [0.29, 0.717) is 36.9 Å². The Bertz CT molecular complexity index is 1100. The molecule has 1 unspecified atom stereocenters. The van der Waals surface area contributed by atoms with E-state index < -0.39 is 0 Å². The molecule has 4 rings (SSSR count). The van der Waals surface area contributed by atoms with Crippen molar-refractivity contribution in [1.82, 2.24) is 24.5 Å². The van der Waals surface area contributed by atoms with Crippen molar-refractivity contribution in [3.8, 4) is 17.5 Å². The van der Waals surface area contributed by atoms with Crippen LogP contribution in [-0.2, 0) is 4.74 Å². The van der Waals surface area contributed by atoms with Crippen molar-refractivity contribution in [3.63, 3.8) is 0 Å². The highest BCUT2D eigenvalue weighted by atomic mass is 16.6. The summed E-state index contributed by atoms with van der Waals surface area (Å²) in [4.78, 5) is 23.1. The van der Waals surface area contributed by atoms with Gasteiger partial charge in [-0.05, 0) is 37.5 Å². The van der Waals surface area contributed by atoms with Crippen molar-refractivity contribution >= 4 is 17.4 Å². The number of pyridine rings is 1. The van der Waals surface area contributed by atoms with E-state index in [9.17, 15) is 10.1 Å². The summed E-state index contributed by atoms with van der Waals surface area (Å²) in [6.07, 6.45) is 8.62. The summed E-state index contributed by atoms with van der Waals surface area (Å²) in [5, 5.41) is 16.9. The molecular weight excluding hydrogens is 394 g/mol. The maximum atomic E-state index is 12.3. The van der Waals surface area contributed by atoms with Gasteiger partial charge >= 0.3 is 6.09 Å². The molecule has 0 aromatic carbocycles. The minimum absolute atomic E-state index is 0.0873. The second kappa shape index (κ2) is 9.43. The minimum Gasteiger partial charge on any atom is -0.449 e. The van der Waals surface area contributed by atoms with Crippen molar-refractivity contribution in [2.45, 2.75) is 38.6 Å². The number of ether oxygens (including phenoxy) is 1. The van der Waals surface area contributed by atoms with E-state index in [-0.39, 0.29) is 12.1 Å². The zero-order valence-electron chi connectivity index (χ0n) is 17.5. The van der Waals surface area contributed by atoms with Gasteiger partial charge in [-0.1, -0.05) is 13.3 Å². The van der Waals surface area contributed by atoms with Crippen LogP contribution in [0.2, 0.25) is 0 Å². The Hall–Kier alpha value is -3.67. The Labute approximate surface area is 180 Å². The maximum Gasteiger partial charge on any atom is 0.409 e. The molecule has 1 atom stereocenters. The minimum atomic E-state index is -0.247. The van der Waals surface area contributed by atoms with E-state index in [2.05, 4.69) is 33.4 Å². The molecule has 0 spiro atoms. The number of hydrogen-bond acceptors (Lipinski definition) is 7. The summed E-state index contributed by atoms with van der Waals surface area (Å²) in [5.41, 5.74) is 2.08. The van der Waals surface area contributed by atoms with Gasteiger partial charge in [0, 0.05) is 31.5 Å². The van der Waals surface area contributed by atoms with Crippen LogP contribution >= 0.6 is 0 Å². The van der Waals surface area contributed by atoms with Crippen LogP contribution in [0.15, 0.2) is 36.8 Å². The Kier molecular flexibility index (Phi) is 6.26. The number of hydrogen-bond donors (Lipinski definition) is 1. The summed E-state index contributed by atoms with van der Waals surface area (Å²) in [5.74, 6) is 1.22. The van der Waals surface area contributed by atoms with Crippen LogP contribution < -0.4 is 5.32 Å². The first-order valence-electron chi connectivity index (χ1n) is 10.6. The molecule has 4 heterocycles. The standard InChI is InChI=1S/C22H25N7O2/c1-2-3-11-31-22(30)28-9-4-5-17(15-28)26-20-6-8-24-21(27-20)18-14-25-29-10-7-16(13-23)12-19(18)29/h6-8,10,12,14,17H,2-5,9,11,15H2,1H3,(H,24,26,27). The number of aromatic nitrogens is 4. The van der Waals surface area contributed by atoms with Gasteiger partial charge in [-0.15, -0.1) is 0 Å². The number of rotatable bonds is 6. The molecule has 9 heteroatoms. The molecule has 1 saturated heterocycles. The molecule has 3 aromatic rings. The number of piperidine rings is 1. The van der Waals surface area contributed by atoms with E-state index >= 15 is 0 Å². The summed E-state index contributed by atoms with van der Waals surface area (Å²) < 4.78 is 7.05. The number of carbonyl (C=O) groups excluding carboxylic acids is 1. The third kappa shape index (κ3) is 4.74. The largest absolute Gasteiger partial charge is 0.449 e. The third-order valence-corrected chi connectivity index (χ3v) is 5.30. The van der Waals surface area contributed by atoms with Gasteiger partial charge in [0.25, 0.3) is 0 Å². The predicted octanol–water partition coefficient (Wildman–Crippen LogP) is 3.48. The summed E-state index contributed by atoms with van der Waals surface area (Å²) in [6, 6.07) is 7.53. The molecule has 0 radical (unpaired) electrons. The highest BCUT2D eigenvalue weighted by Crippen LogP contribution is 2.23. The van der Waals surface area contributed by atoms with Crippen LogP contribution in [0.25, 0.3) is 16.9 Å². The lowest BCUT2D eigenvalue weighted by Gasteiger charge is -2.32. The summed E-state index contributed by atoms with van der Waals surface area (Å²) >= 11 is 0. The first-order valence-corrected chi connectivity index (χ1v) is 10.6. The lowest BCUT2D eigenvalue weighted by molar-refractivity contribution is 0.0920. The highest BCUT2D eigenvalue weighted by Gasteiger charge is 2.25. The number of amides is 1. The van der Waals surface area contributed by atoms with Crippen molar-refractivity contribution in [2.75, 3.05) is 25.0 Å². The van der Waals surface area contributed by atoms with Crippen LogP contribution in [-0.4, -0.2) is 56.3 Å². The molecule has 31 heavy (non-hydrogen) atoms. The second-order valence-corrected chi connectivity index (χ2v) is 7.58. The molecule has 3 aromatic heterocycles. The lowest BCUT2D eigenvalue weighted by atomic mass is 10.1. The first-order chi connectivity index (χ1) is 15.2. The Morgan fingerprint density at radius 3 is 3.16 bits per heavy atom. The Morgan fingerprint density at radius 2 is 2.32 bits per heavy atom. The van der Waals surface area contributed by atoms with Gasteiger partial charge in [0.2, 0.25) is 0 Å². The van der Waals surface area contributed by atoms with Gasteiger partial charge in [-0.2, -0.15) is 10.4 Å². The molecule has 1 amide bonds. The smallest absolute Gasteiger partial charge is 0.409 e. The molecule has 1 aliphatic rings. The van der Waals surface area contributed by atoms with Crippen LogP contribution in [0.4, 0.5) is 10.6 Å². The SMILES string of the molecule is CCCCOC(=O)N1CCCC(Nc2ccnc(-c3cnn4ccc(C#N)cc34)n2)C1. The van der Waals surface area contributed by atoms with Gasteiger partial charge in [-0.3, -0.25) is 0 Å². The fourth-order valence-corrected chi connectivity index (χ4v) is 3.66. The van der Waals surface area contributed by atoms with Crippen LogP contribution in [0.3, 0.4) is 0 Å². The van der Waals surface area contributed by atoms with Gasteiger partial charge in [0.05, 0.1) is 35.5 Å². The number of anilines is 1. The van der Waals surface area contributed by atoms with E-state index in [1.165, 1.54) is 0 Å². The fourth-order valence-electron chi connectivity index (χ4n) is 3.66. The summed E-state index contributed by atoms with van der Waals surface area (Å²) in [6.45, 7) is 3.82. The van der Waals surface area contributed by atoms with Crippen LogP contribution in [0.5, 0.6) is 0 Å². The molecule has 0 bridgehead atoms. The predicted molar refractivity (Wildman–Crippen MR) is 115 cm³/mol. The molecule has 1 fully saturated rings. The summed E-state index contributed by atoms with van der Waals surface area (Å²) in [7, 11) is 0. The molecule has 1 N–H and O–H groups in total. The van der Waals surface area contributed by atoms with Crippen molar-refractivity contribution in [3.05, 3.63) is 42.4 Å². The van der Waals surface area contributed by atoms with Crippen molar-refractivity contribution in [1.29, 1.82) is 5.26 Å². The van der Waals surface area contributed by atoms with Gasteiger partial charge in [0.15, 0.2) is 5.82 Å². The normalized spacial score (nSPS) is 16.1. The third-order valence-electron chi connectivity index (χ3n) is 5.30. The maximum absolute atomic E-state index is 12.3. The molecule has 0 saturated carbocycles. The topological polar surface area (TPSA) is 108 Å². The average molecular weight is 419 g/mol. The molecular formula is C22H25N7O2. The Morgan fingerprint density at radius 1 is 1.42 bits per heavy atom. The van der Waals surface area contributed by atoms with E-state index in [1.807, 2.05) is 6.07 Å². The zero-order chi connectivity index (χ0) is 21.6. The number of carbonyl (C=O) groups is 1. The van der Waals surface area contributed by atoms with Gasteiger partial charge in [0.1, 0.15) is 5.82 Å². The zero-order valence-corrected chi connectivity index (χ0v) is 17.5. The number of nitriles is 1. The number of nitrogens with zero attached hydrogens (tertiary/aromatic N) is 6. The monoisotopic (exact) mass is 419 g/mol. The number of nitrogens with one attached hydrogen (secondary N) is 1. The van der Waals surface area contributed by atoms with Crippen LogP contribution in [0.1, 0.15) is 38.2 Å². The second-order valence-electron chi connectivity index (χ2n) is 7.58. The van der Waals surface area contributed by atoms with Crippen molar-refractivity contribution in [2.24, 2.45) is 0 Å². The highest BCUT2D eigenvalue weighted by molar-refractivity contribution is 5.77. The molecule has 1 aliphatic heterocycles. The number of likely N-dealkylation sites (tertiary alicyclic amines) is 1. The van der Waals surface area contributed by atoms with Crippen molar-refractivity contribution < 1.29 is 9.53 Å². The first kappa shape index (κ1) is 20.6. The number of fused-ring (bicyclic) bond motifs is 1. The quantitative estimate of drug-likeness (QED) is 0.609.